The lowest BCUT2D eigenvalue weighted by Gasteiger charge is -2.15. The van der Waals surface area contributed by atoms with E-state index in [1.807, 2.05) is 62.4 Å². The van der Waals surface area contributed by atoms with Crippen molar-refractivity contribution in [3.05, 3.63) is 59.7 Å². The second-order valence-electron chi connectivity index (χ2n) is 6.20. The minimum Gasteiger partial charge on any atom is -0.494 e. The summed E-state index contributed by atoms with van der Waals surface area (Å²) in [6.45, 7) is 5.86. The van der Waals surface area contributed by atoms with Gasteiger partial charge in [0.1, 0.15) is 5.75 Å². The first-order chi connectivity index (χ1) is 12.5. The molecule has 0 aliphatic carbocycles. The number of anilines is 1. The molecule has 0 heterocycles. The molecule has 0 aliphatic rings. The van der Waals surface area contributed by atoms with Gasteiger partial charge in [0.15, 0.2) is 6.10 Å². The number of benzene rings is 2. The molecular weight excluding hydrogens is 330 g/mol. The van der Waals surface area contributed by atoms with Gasteiger partial charge in [0.2, 0.25) is 0 Å². The Bertz CT molecular complexity index is 743. The van der Waals surface area contributed by atoms with Crippen molar-refractivity contribution in [2.45, 2.75) is 39.7 Å². The molecule has 0 radical (unpaired) electrons. The smallest absolute Gasteiger partial charge is 0.306 e. The van der Waals surface area contributed by atoms with E-state index >= 15 is 0 Å². The predicted octanol–water partition coefficient (Wildman–Crippen LogP) is 4.03. The fourth-order valence-electron chi connectivity index (χ4n) is 2.34. The van der Waals surface area contributed by atoms with E-state index in [0.717, 1.165) is 22.6 Å². The topological polar surface area (TPSA) is 64.6 Å². The number of nitrogens with one attached hydrogen (secondary N) is 1. The van der Waals surface area contributed by atoms with Crippen molar-refractivity contribution < 1.29 is 19.1 Å². The largest absolute Gasteiger partial charge is 0.494 e. The first kappa shape index (κ1) is 19.5. The van der Waals surface area contributed by atoms with Gasteiger partial charge in [0, 0.05) is 12.1 Å². The summed E-state index contributed by atoms with van der Waals surface area (Å²) in [5, 5.41) is 2.80. The zero-order valence-electron chi connectivity index (χ0n) is 15.5. The molecule has 0 saturated heterocycles. The minimum absolute atomic E-state index is 0.202. The van der Waals surface area contributed by atoms with E-state index < -0.39 is 12.1 Å². The number of hydrogen-bond donors (Lipinski definition) is 1. The number of amides is 1. The van der Waals surface area contributed by atoms with Crippen molar-refractivity contribution in [1.29, 1.82) is 0 Å². The number of para-hydroxylation sites is 1. The quantitative estimate of drug-likeness (QED) is 0.573. The molecule has 0 spiro atoms. The number of aryl methyl sites for hydroxylation is 2. The maximum absolute atomic E-state index is 12.2. The monoisotopic (exact) mass is 355 g/mol. The zero-order valence-corrected chi connectivity index (χ0v) is 15.5. The van der Waals surface area contributed by atoms with Crippen LogP contribution in [0.15, 0.2) is 48.5 Å². The fraction of sp³-hybridized carbons (Fsp3) is 0.333. The molecule has 1 atom stereocenters. The van der Waals surface area contributed by atoms with Crippen LogP contribution in [-0.4, -0.2) is 24.6 Å². The van der Waals surface area contributed by atoms with Gasteiger partial charge in [0.25, 0.3) is 5.91 Å². The van der Waals surface area contributed by atoms with Gasteiger partial charge in [-0.05, 0) is 56.5 Å². The number of ether oxygens (including phenoxy) is 2. The third-order valence-corrected chi connectivity index (χ3v) is 3.87. The van der Waals surface area contributed by atoms with E-state index in [9.17, 15) is 9.59 Å². The molecule has 1 N–H and O–H groups in total. The van der Waals surface area contributed by atoms with Crippen molar-refractivity contribution in [3.63, 3.8) is 0 Å². The molecule has 26 heavy (non-hydrogen) atoms. The van der Waals surface area contributed by atoms with Gasteiger partial charge in [-0.2, -0.15) is 0 Å². The molecule has 0 aromatic heterocycles. The highest BCUT2D eigenvalue weighted by Gasteiger charge is 2.18. The van der Waals surface area contributed by atoms with Gasteiger partial charge >= 0.3 is 5.97 Å². The highest BCUT2D eigenvalue weighted by molar-refractivity contribution is 5.95. The van der Waals surface area contributed by atoms with E-state index in [2.05, 4.69) is 5.32 Å². The van der Waals surface area contributed by atoms with Crippen LogP contribution in [-0.2, 0) is 14.3 Å². The molecule has 2 aromatic carbocycles. The maximum atomic E-state index is 12.2. The lowest BCUT2D eigenvalue weighted by Crippen LogP contribution is -2.30. The summed E-state index contributed by atoms with van der Waals surface area (Å²) in [4.78, 5) is 24.1. The first-order valence-corrected chi connectivity index (χ1v) is 8.71. The van der Waals surface area contributed by atoms with Gasteiger partial charge in [-0.1, -0.05) is 30.3 Å². The Morgan fingerprint density at radius 2 is 1.81 bits per heavy atom. The van der Waals surface area contributed by atoms with Gasteiger partial charge in [-0.3, -0.25) is 9.59 Å². The third-order valence-electron chi connectivity index (χ3n) is 3.87. The Labute approximate surface area is 154 Å². The summed E-state index contributed by atoms with van der Waals surface area (Å²) in [7, 11) is 0. The minimum atomic E-state index is -0.850. The molecule has 138 valence electrons. The summed E-state index contributed by atoms with van der Waals surface area (Å²) in [5.74, 6) is 0.0139. The van der Waals surface area contributed by atoms with Crippen LogP contribution < -0.4 is 10.1 Å². The second-order valence-corrected chi connectivity index (χ2v) is 6.20. The van der Waals surface area contributed by atoms with Crippen LogP contribution in [0.4, 0.5) is 5.69 Å². The van der Waals surface area contributed by atoms with E-state index in [4.69, 9.17) is 9.47 Å². The molecule has 0 unspecified atom stereocenters. The average molecular weight is 355 g/mol. The van der Waals surface area contributed by atoms with Crippen LogP contribution in [0, 0.1) is 13.8 Å². The lowest BCUT2D eigenvalue weighted by molar-refractivity contribution is -0.153. The number of esters is 1. The highest BCUT2D eigenvalue weighted by atomic mass is 16.5. The van der Waals surface area contributed by atoms with E-state index in [1.54, 1.807) is 6.92 Å². The average Bonchev–Trinajstić information content (AvgIpc) is 2.62. The van der Waals surface area contributed by atoms with Crippen LogP contribution in [0.25, 0.3) is 0 Å². The molecule has 5 heteroatoms. The summed E-state index contributed by atoms with van der Waals surface area (Å²) in [6, 6.07) is 15.2. The second kappa shape index (κ2) is 9.61. The van der Waals surface area contributed by atoms with Gasteiger partial charge < -0.3 is 14.8 Å². The fourth-order valence-corrected chi connectivity index (χ4v) is 2.34. The van der Waals surface area contributed by atoms with E-state index in [0.29, 0.717) is 13.0 Å². The van der Waals surface area contributed by atoms with Crippen molar-refractivity contribution in [3.8, 4) is 5.75 Å². The van der Waals surface area contributed by atoms with Crippen LogP contribution in [0.2, 0.25) is 0 Å². The molecule has 2 aromatic rings. The molecule has 1 amide bonds. The van der Waals surface area contributed by atoms with E-state index in [-0.39, 0.29) is 12.3 Å². The Morgan fingerprint density at radius 3 is 2.54 bits per heavy atom. The van der Waals surface area contributed by atoms with Crippen LogP contribution in [0.3, 0.4) is 0 Å². The van der Waals surface area contributed by atoms with Crippen molar-refractivity contribution in [2.24, 2.45) is 0 Å². The van der Waals surface area contributed by atoms with Crippen molar-refractivity contribution in [2.75, 3.05) is 11.9 Å². The third kappa shape index (κ3) is 6.24. The lowest BCUT2D eigenvalue weighted by atomic mass is 10.1. The summed E-state index contributed by atoms with van der Waals surface area (Å²) < 4.78 is 10.7. The summed E-state index contributed by atoms with van der Waals surface area (Å²) in [5.41, 5.74) is 2.74. The van der Waals surface area contributed by atoms with Gasteiger partial charge in [0.05, 0.1) is 6.61 Å². The molecule has 2 rings (SSSR count). The molecule has 0 bridgehead atoms. The van der Waals surface area contributed by atoms with Crippen LogP contribution >= 0.6 is 0 Å². The van der Waals surface area contributed by atoms with Crippen LogP contribution in [0.5, 0.6) is 5.75 Å². The normalized spacial score (nSPS) is 11.5. The summed E-state index contributed by atoms with van der Waals surface area (Å²) in [6.07, 6.45) is -0.120. The number of rotatable bonds is 8. The Kier molecular flexibility index (Phi) is 7.21. The predicted molar refractivity (Wildman–Crippen MR) is 101 cm³/mol. The Morgan fingerprint density at radius 1 is 1.08 bits per heavy atom. The SMILES string of the molecule is Cc1ccc(C)c(NC(=O)[C@@H](C)OC(=O)CCCOc2ccccc2)c1. The molecular formula is C21H25NO4. The Hall–Kier alpha value is -2.82. The van der Waals surface area contributed by atoms with Crippen molar-refractivity contribution in [1.82, 2.24) is 0 Å². The molecule has 0 saturated carbocycles. The number of hydrogen-bond acceptors (Lipinski definition) is 4. The van der Waals surface area contributed by atoms with Crippen LogP contribution in [0.1, 0.15) is 30.9 Å². The molecule has 0 aliphatic heterocycles. The standard InChI is InChI=1S/C21H25NO4/c1-15-11-12-16(2)19(14-15)22-21(24)17(3)26-20(23)10-7-13-25-18-8-5-4-6-9-18/h4-6,8-9,11-12,14,17H,7,10,13H2,1-3H3,(H,22,24)/t17-/m1/s1. The van der Waals surface area contributed by atoms with Crippen molar-refractivity contribution >= 4 is 17.6 Å². The van der Waals surface area contributed by atoms with Gasteiger partial charge in [-0.25, -0.2) is 0 Å². The van der Waals surface area contributed by atoms with E-state index in [1.165, 1.54) is 0 Å². The molecule has 5 nitrogen and oxygen atoms in total. The Balaban J connectivity index is 1.72. The summed E-state index contributed by atoms with van der Waals surface area (Å²) >= 11 is 0. The first-order valence-electron chi connectivity index (χ1n) is 8.71. The number of carbonyl (C=O) groups is 2. The zero-order chi connectivity index (χ0) is 18.9. The highest BCUT2D eigenvalue weighted by Crippen LogP contribution is 2.17. The number of carbonyl (C=O) groups excluding carboxylic acids is 2. The maximum Gasteiger partial charge on any atom is 0.306 e. The molecule has 0 fully saturated rings. The van der Waals surface area contributed by atoms with Gasteiger partial charge in [-0.15, -0.1) is 0 Å².